The zero-order valence-corrected chi connectivity index (χ0v) is 36.6. The molecule has 320 valence electrons. The van der Waals surface area contributed by atoms with Gasteiger partial charge in [0.05, 0.1) is 30.8 Å². The monoisotopic (exact) mass is 791 g/mol. The molecule has 0 amide bonds. The highest BCUT2D eigenvalue weighted by atomic mass is 16.6. The molecule has 1 spiro atoms. The maximum Gasteiger partial charge on any atom is 0.309 e. The molecule has 7 aliphatic rings. The fourth-order valence-electron chi connectivity index (χ4n) is 17.2. The Balaban J connectivity index is 1.17. The molecule has 7 heteroatoms. The Kier molecular flexibility index (Phi) is 11.0. The first-order valence-electron chi connectivity index (χ1n) is 23.5. The summed E-state index contributed by atoms with van der Waals surface area (Å²) < 4.78 is 12.2. The Labute approximate surface area is 344 Å². The van der Waals surface area contributed by atoms with E-state index in [-0.39, 0.29) is 47.2 Å². The van der Waals surface area contributed by atoms with E-state index in [9.17, 15) is 25.2 Å². The van der Waals surface area contributed by atoms with Crippen molar-refractivity contribution < 1.29 is 34.7 Å². The largest absolute Gasteiger partial charge is 0.481 e. The lowest BCUT2D eigenvalue weighted by Gasteiger charge is -2.78. The Morgan fingerprint density at radius 2 is 1.53 bits per heavy atom. The van der Waals surface area contributed by atoms with E-state index in [2.05, 4.69) is 52.0 Å². The van der Waals surface area contributed by atoms with Crippen LogP contribution < -0.4 is 0 Å². The second-order valence-corrected chi connectivity index (χ2v) is 22.4. The third kappa shape index (κ3) is 5.98. The number of carbonyl (C=O) groups is 1. The van der Waals surface area contributed by atoms with Crippen LogP contribution in [0.2, 0.25) is 0 Å². The van der Waals surface area contributed by atoms with Crippen molar-refractivity contribution in [1.82, 2.24) is 0 Å². The molecule has 8 rings (SSSR count). The Morgan fingerprint density at radius 3 is 2.21 bits per heavy atom. The van der Waals surface area contributed by atoms with Crippen LogP contribution in [0.3, 0.4) is 0 Å². The van der Waals surface area contributed by atoms with E-state index in [0.717, 1.165) is 82.1 Å². The molecule has 1 saturated heterocycles. The lowest BCUT2D eigenvalue weighted by Crippen LogP contribution is -2.77. The van der Waals surface area contributed by atoms with E-state index in [1.54, 1.807) is 7.11 Å². The molecule has 13 atom stereocenters. The summed E-state index contributed by atoms with van der Waals surface area (Å²) in [6.07, 6.45) is 20.6. The van der Waals surface area contributed by atoms with E-state index in [0.29, 0.717) is 18.9 Å². The molecular weight excluding hydrogens is 713 g/mol. The molecule has 0 aromatic heterocycles. The molecule has 6 aliphatic carbocycles. The average Bonchev–Trinajstić information content (AvgIpc) is 3.75. The number of aliphatic carboxylic acids is 1. The maximum atomic E-state index is 13.0. The highest BCUT2D eigenvalue weighted by Gasteiger charge is 2.83. The smallest absolute Gasteiger partial charge is 0.309 e. The molecule has 1 unspecified atom stereocenters. The number of carboxylic acid groups (broad SMARTS) is 1. The zero-order valence-electron chi connectivity index (χ0n) is 36.6. The lowest BCUT2D eigenvalue weighted by molar-refractivity contribution is -0.336. The molecular formula is C50H78O7. The fraction of sp³-hybridized carbons (Fsp3) is 0.860. The zero-order chi connectivity index (χ0) is 40.7. The van der Waals surface area contributed by atoms with Gasteiger partial charge in [0.1, 0.15) is 0 Å². The molecule has 4 N–H and O–H groups in total. The molecule has 1 aromatic carbocycles. The number of benzene rings is 1. The molecule has 7 nitrogen and oxygen atoms in total. The van der Waals surface area contributed by atoms with Gasteiger partial charge in [-0.15, -0.1) is 0 Å². The van der Waals surface area contributed by atoms with Crippen LogP contribution in [0.25, 0.3) is 0 Å². The van der Waals surface area contributed by atoms with Crippen molar-refractivity contribution in [2.75, 3.05) is 20.3 Å². The van der Waals surface area contributed by atoms with Crippen LogP contribution in [-0.2, 0) is 27.1 Å². The predicted octanol–water partition coefficient (Wildman–Crippen LogP) is 9.91. The second-order valence-electron chi connectivity index (χ2n) is 22.4. The molecule has 1 aliphatic heterocycles. The van der Waals surface area contributed by atoms with Gasteiger partial charge in [-0.2, -0.15) is 0 Å². The molecule has 2 bridgehead atoms. The number of methoxy groups -OCH3 is 1. The van der Waals surface area contributed by atoms with E-state index < -0.39 is 39.5 Å². The van der Waals surface area contributed by atoms with Crippen molar-refractivity contribution >= 4 is 5.97 Å². The number of aliphatic hydroxyl groups excluding tert-OH is 2. The summed E-state index contributed by atoms with van der Waals surface area (Å²) in [6.45, 7) is 12.3. The van der Waals surface area contributed by atoms with Crippen molar-refractivity contribution in [3.05, 3.63) is 35.4 Å². The summed E-state index contributed by atoms with van der Waals surface area (Å²) in [5, 5.41) is 47.9. The van der Waals surface area contributed by atoms with E-state index in [1.165, 1.54) is 56.9 Å². The van der Waals surface area contributed by atoms with Crippen molar-refractivity contribution in [3.63, 3.8) is 0 Å². The quantitative estimate of drug-likeness (QED) is 0.147. The first kappa shape index (κ1) is 42.2. The number of fused-ring (bicyclic) bond motifs is 7. The van der Waals surface area contributed by atoms with Crippen molar-refractivity contribution in [2.45, 2.75) is 187 Å². The van der Waals surface area contributed by atoms with Gasteiger partial charge < -0.3 is 29.9 Å². The highest BCUT2D eigenvalue weighted by Crippen LogP contribution is 2.84. The van der Waals surface area contributed by atoms with Crippen LogP contribution in [0.4, 0.5) is 0 Å². The van der Waals surface area contributed by atoms with E-state index >= 15 is 0 Å². The maximum absolute atomic E-state index is 13.0. The summed E-state index contributed by atoms with van der Waals surface area (Å²) in [5.74, 6) is -0.826. The number of aliphatic hydroxyl groups is 3. The molecule has 0 radical (unpaired) electrons. The summed E-state index contributed by atoms with van der Waals surface area (Å²) in [7, 11) is 1.73. The minimum absolute atomic E-state index is 0.00206. The first-order valence-corrected chi connectivity index (χ1v) is 23.5. The second kappa shape index (κ2) is 14.8. The van der Waals surface area contributed by atoms with Crippen LogP contribution in [0, 0.1) is 61.6 Å². The topological polar surface area (TPSA) is 116 Å². The highest BCUT2D eigenvalue weighted by molar-refractivity contribution is 5.74. The average molecular weight is 791 g/mol. The van der Waals surface area contributed by atoms with Crippen LogP contribution in [0.5, 0.6) is 0 Å². The van der Waals surface area contributed by atoms with Crippen molar-refractivity contribution in [1.29, 1.82) is 0 Å². The van der Waals surface area contributed by atoms with Crippen LogP contribution >= 0.6 is 0 Å². The Hall–Kier alpha value is -1.51. The number of hydrogen-bond donors (Lipinski definition) is 4. The summed E-state index contributed by atoms with van der Waals surface area (Å²) in [5.41, 5.74) is -0.147. The van der Waals surface area contributed by atoms with Gasteiger partial charge >= 0.3 is 5.97 Å². The van der Waals surface area contributed by atoms with Gasteiger partial charge in [-0.3, -0.25) is 4.79 Å². The van der Waals surface area contributed by atoms with Gasteiger partial charge in [-0.1, -0.05) is 103 Å². The first-order chi connectivity index (χ1) is 27.0. The third-order valence-corrected chi connectivity index (χ3v) is 20.5. The number of unbranched alkanes of at least 4 members (excludes halogenated alkanes) is 2. The third-order valence-electron chi connectivity index (χ3n) is 20.5. The Morgan fingerprint density at radius 1 is 0.842 bits per heavy atom. The fourth-order valence-corrected chi connectivity index (χ4v) is 17.2. The van der Waals surface area contributed by atoms with Gasteiger partial charge in [0, 0.05) is 30.3 Å². The number of rotatable bonds is 13. The van der Waals surface area contributed by atoms with Gasteiger partial charge in [0.25, 0.3) is 0 Å². The van der Waals surface area contributed by atoms with Gasteiger partial charge in [0.15, 0.2) is 5.79 Å². The predicted molar refractivity (Wildman–Crippen MR) is 223 cm³/mol. The molecule has 57 heavy (non-hydrogen) atoms. The van der Waals surface area contributed by atoms with E-state index in [4.69, 9.17) is 9.47 Å². The van der Waals surface area contributed by atoms with Gasteiger partial charge in [0.2, 0.25) is 0 Å². The molecule has 1 heterocycles. The lowest BCUT2D eigenvalue weighted by atomic mass is 9.25. The van der Waals surface area contributed by atoms with Crippen LogP contribution in [-0.4, -0.2) is 64.7 Å². The van der Waals surface area contributed by atoms with Crippen molar-refractivity contribution in [3.8, 4) is 0 Å². The van der Waals surface area contributed by atoms with E-state index in [1.807, 2.05) is 6.92 Å². The summed E-state index contributed by atoms with van der Waals surface area (Å²) in [6, 6.07) is 8.71. The van der Waals surface area contributed by atoms with Gasteiger partial charge in [-0.25, -0.2) is 0 Å². The Bertz CT molecular complexity index is 1620. The summed E-state index contributed by atoms with van der Waals surface area (Å²) >= 11 is 0. The normalized spacial score (nSPS) is 47.8. The minimum Gasteiger partial charge on any atom is -0.481 e. The van der Waals surface area contributed by atoms with Crippen LogP contribution in [0.1, 0.15) is 168 Å². The summed E-state index contributed by atoms with van der Waals surface area (Å²) in [4.78, 5) is 13.0. The van der Waals surface area contributed by atoms with Crippen molar-refractivity contribution in [2.24, 2.45) is 61.6 Å². The minimum atomic E-state index is -1.44. The van der Waals surface area contributed by atoms with Gasteiger partial charge in [-0.05, 0) is 135 Å². The standard InChI is InChI=1S/C50H78O7/c1-34-48-22-19-38-45(4)26-25-43(2)23-24-44(3,42(53)54)31-39(43)47(45,21-11-7-8-12-35-13-9-10-14-35)28-27-46(38,5)49(48,33-51)40(52)32-50(34,55)57-41(48)30-37-17-15-36(16-18-37)20-29-56-6/h15-18,34-35,38-41,51-52,55H,7-14,19-33H2,1-6H3,(H,53,54)/t34-,38-,39?,40+,41-,43-,44+,45-,46+,47-,48+,49-,50-/m0/s1. The SMILES string of the molecule is COCCc1ccc(C[C@@H]2O[C@@]3(O)C[C@@H](O)[C@]4(CO)[C@]2(CC[C@H]2[C@]5(C)CC[C@]6(C)CC[C@@](C)(C(=O)O)CC6[C@]5(CCCCCC5CCCC5)CC[C@]24C)[C@@H]3C)cc1. The number of ether oxygens (including phenoxy) is 2. The molecule has 1 aromatic rings. The number of carboxylic acids is 1. The van der Waals surface area contributed by atoms with Crippen LogP contribution in [0.15, 0.2) is 24.3 Å². The number of hydrogen-bond acceptors (Lipinski definition) is 6. The molecule has 6 saturated carbocycles. The molecule has 7 fully saturated rings.